The zero-order valence-corrected chi connectivity index (χ0v) is 22.0. The maximum absolute atomic E-state index is 6.12. The summed E-state index contributed by atoms with van der Waals surface area (Å²) in [5.41, 5.74) is 4.78. The monoisotopic (exact) mass is 520 g/mol. The third-order valence-corrected chi connectivity index (χ3v) is 6.95. The Balaban J connectivity index is 1.45. The lowest BCUT2D eigenvalue weighted by Crippen LogP contribution is -2.24. The molecule has 1 fully saturated rings. The fourth-order valence-electron chi connectivity index (χ4n) is 4.95. The summed E-state index contributed by atoms with van der Waals surface area (Å²) in [7, 11) is 1.66. The summed E-state index contributed by atoms with van der Waals surface area (Å²) in [6.45, 7) is 2.10. The molecular weight excluding hydrogens is 488 g/mol. The van der Waals surface area contributed by atoms with Crippen LogP contribution in [0.15, 0.2) is 91.3 Å². The number of anilines is 3. The molecule has 1 saturated heterocycles. The fraction of sp³-hybridized carbons (Fsp3) is 0.258. The number of methoxy groups -OCH3 is 1. The van der Waals surface area contributed by atoms with Gasteiger partial charge in [-0.15, -0.1) is 0 Å². The first-order valence-electron chi connectivity index (χ1n) is 13.4. The van der Waals surface area contributed by atoms with Crippen molar-refractivity contribution in [3.63, 3.8) is 0 Å². The molecule has 1 atom stereocenters. The maximum Gasteiger partial charge on any atom is 0.231 e. The molecule has 0 spiro atoms. The number of hydrogen-bond acceptors (Lipinski definition) is 7. The minimum Gasteiger partial charge on any atom is -0.497 e. The molecule has 2 aromatic heterocycles. The molecule has 0 bridgehead atoms. The number of nitrogens with zero attached hydrogens (tertiary/aromatic N) is 5. The smallest absolute Gasteiger partial charge is 0.231 e. The van der Waals surface area contributed by atoms with Gasteiger partial charge in [-0.25, -0.2) is 4.98 Å². The zero-order valence-electron chi connectivity index (χ0n) is 22.0. The van der Waals surface area contributed by atoms with Crippen LogP contribution in [0.25, 0.3) is 11.2 Å². The lowest BCUT2D eigenvalue weighted by Gasteiger charge is -2.26. The first-order valence-corrected chi connectivity index (χ1v) is 13.4. The van der Waals surface area contributed by atoms with E-state index in [0.29, 0.717) is 19.0 Å². The van der Waals surface area contributed by atoms with E-state index in [1.165, 1.54) is 11.1 Å². The van der Waals surface area contributed by atoms with Crippen LogP contribution in [0.2, 0.25) is 0 Å². The number of hydrogen-bond donors (Lipinski definition) is 1. The summed E-state index contributed by atoms with van der Waals surface area (Å²) in [6.07, 6.45) is 4.89. The summed E-state index contributed by atoms with van der Waals surface area (Å²) in [5.74, 6) is 2.08. The van der Waals surface area contributed by atoms with Gasteiger partial charge in [-0.3, -0.25) is 4.57 Å². The number of rotatable bonds is 9. The molecular formula is C31H32N6O2. The highest BCUT2D eigenvalue weighted by Gasteiger charge is 2.24. The number of nitrogens with one attached hydrogen (secondary N) is 1. The van der Waals surface area contributed by atoms with E-state index in [9.17, 15) is 0 Å². The number of fused-ring (bicyclic) bond motifs is 1. The molecule has 198 valence electrons. The topological polar surface area (TPSA) is 77.3 Å². The van der Waals surface area contributed by atoms with Crippen molar-refractivity contribution >= 4 is 28.6 Å². The normalized spacial score (nSPS) is 15.3. The Morgan fingerprint density at radius 2 is 1.59 bits per heavy atom. The molecule has 0 amide bonds. The van der Waals surface area contributed by atoms with Gasteiger partial charge in [-0.05, 0) is 54.7 Å². The molecule has 0 radical (unpaired) electrons. The SMILES string of the molecule is COc1ccc(Nc2nc(N(Cc3ccccc3)Cc3ccccc3)c3ncn(C4CCCCO4)c3n2)cc1. The van der Waals surface area contributed by atoms with Gasteiger partial charge in [0.25, 0.3) is 0 Å². The van der Waals surface area contributed by atoms with Gasteiger partial charge in [0, 0.05) is 25.4 Å². The lowest BCUT2D eigenvalue weighted by molar-refractivity contribution is -0.0298. The molecule has 5 aromatic rings. The van der Waals surface area contributed by atoms with Crippen LogP contribution < -0.4 is 15.0 Å². The maximum atomic E-state index is 6.12. The summed E-state index contributed by atoms with van der Waals surface area (Å²) in [5, 5.41) is 3.40. The second-order valence-corrected chi connectivity index (χ2v) is 9.70. The van der Waals surface area contributed by atoms with Crippen LogP contribution in [0.4, 0.5) is 17.5 Å². The van der Waals surface area contributed by atoms with Crippen molar-refractivity contribution < 1.29 is 9.47 Å². The van der Waals surface area contributed by atoms with E-state index >= 15 is 0 Å². The van der Waals surface area contributed by atoms with Crippen LogP contribution >= 0.6 is 0 Å². The van der Waals surface area contributed by atoms with Crippen molar-refractivity contribution in [2.75, 3.05) is 23.9 Å². The highest BCUT2D eigenvalue weighted by Crippen LogP contribution is 2.32. The van der Waals surface area contributed by atoms with Gasteiger partial charge < -0.3 is 19.7 Å². The Kier molecular flexibility index (Phi) is 7.36. The summed E-state index contributed by atoms with van der Waals surface area (Å²) >= 11 is 0. The molecule has 8 nitrogen and oxygen atoms in total. The number of benzene rings is 3. The van der Waals surface area contributed by atoms with Gasteiger partial charge in [0.2, 0.25) is 5.95 Å². The zero-order chi connectivity index (χ0) is 26.4. The second-order valence-electron chi connectivity index (χ2n) is 9.70. The molecule has 1 aliphatic rings. The van der Waals surface area contributed by atoms with Crippen LogP contribution in [0.1, 0.15) is 36.6 Å². The largest absolute Gasteiger partial charge is 0.497 e. The Hall–Kier alpha value is -4.43. The standard InChI is InChI=1S/C31H32N6O2/c1-38-26-17-15-25(16-18-26)33-31-34-29(28-30(35-31)37(22-32-28)27-14-8-9-19-39-27)36(20-23-10-4-2-5-11-23)21-24-12-6-3-7-13-24/h2-7,10-13,15-18,22,27H,8-9,14,19-21H2,1H3,(H,33,34,35). The average Bonchev–Trinajstić information content (AvgIpc) is 3.42. The second kappa shape index (κ2) is 11.5. The van der Waals surface area contributed by atoms with Gasteiger partial charge in [-0.2, -0.15) is 9.97 Å². The minimum atomic E-state index is -0.0861. The summed E-state index contributed by atoms with van der Waals surface area (Å²) < 4.78 is 13.5. The molecule has 1 unspecified atom stereocenters. The highest BCUT2D eigenvalue weighted by molar-refractivity contribution is 5.85. The van der Waals surface area contributed by atoms with Crippen molar-refractivity contribution in [3.05, 3.63) is 102 Å². The van der Waals surface area contributed by atoms with Gasteiger partial charge in [0.15, 0.2) is 17.0 Å². The van der Waals surface area contributed by atoms with Crippen LogP contribution in [0, 0.1) is 0 Å². The van der Waals surface area contributed by atoms with E-state index in [2.05, 4.69) is 63.3 Å². The minimum absolute atomic E-state index is 0.0861. The van der Waals surface area contributed by atoms with Gasteiger partial charge in [0.1, 0.15) is 12.0 Å². The van der Waals surface area contributed by atoms with Crippen molar-refractivity contribution in [2.45, 2.75) is 38.6 Å². The number of imidazole rings is 1. The van der Waals surface area contributed by atoms with Crippen LogP contribution in [0.5, 0.6) is 5.75 Å². The summed E-state index contributed by atoms with van der Waals surface area (Å²) in [4.78, 5) is 17.1. The van der Waals surface area contributed by atoms with Crippen LogP contribution in [-0.2, 0) is 17.8 Å². The molecule has 3 aromatic carbocycles. The molecule has 3 heterocycles. The number of ether oxygens (including phenoxy) is 2. The molecule has 8 heteroatoms. The Bertz CT molecular complexity index is 1460. The Labute approximate surface area is 228 Å². The fourth-order valence-corrected chi connectivity index (χ4v) is 4.95. The van der Waals surface area contributed by atoms with Crippen molar-refractivity contribution in [3.8, 4) is 5.75 Å². The van der Waals surface area contributed by atoms with Crippen molar-refractivity contribution in [1.82, 2.24) is 19.5 Å². The molecule has 0 saturated carbocycles. The van der Waals surface area contributed by atoms with Crippen LogP contribution in [-0.4, -0.2) is 33.2 Å². The first kappa shape index (κ1) is 24.9. The molecule has 1 N–H and O–H groups in total. The van der Waals surface area contributed by atoms with Crippen molar-refractivity contribution in [2.24, 2.45) is 0 Å². The third kappa shape index (κ3) is 5.71. The Morgan fingerprint density at radius 3 is 2.21 bits per heavy atom. The predicted molar refractivity (Wildman–Crippen MR) is 153 cm³/mol. The van der Waals surface area contributed by atoms with E-state index in [-0.39, 0.29) is 6.23 Å². The van der Waals surface area contributed by atoms with E-state index in [1.54, 1.807) is 7.11 Å². The van der Waals surface area contributed by atoms with E-state index in [4.69, 9.17) is 24.4 Å². The van der Waals surface area contributed by atoms with Crippen LogP contribution in [0.3, 0.4) is 0 Å². The lowest BCUT2D eigenvalue weighted by atomic mass is 10.1. The molecule has 39 heavy (non-hydrogen) atoms. The van der Waals surface area contributed by atoms with E-state index in [1.807, 2.05) is 42.7 Å². The quantitative estimate of drug-likeness (QED) is 0.238. The number of aromatic nitrogens is 4. The predicted octanol–water partition coefficient (Wildman–Crippen LogP) is 6.48. The summed E-state index contributed by atoms with van der Waals surface area (Å²) in [6, 6.07) is 28.7. The third-order valence-electron chi connectivity index (χ3n) is 6.95. The average molecular weight is 521 g/mol. The highest BCUT2D eigenvalue weighted by atomic mass is 16.5. The van der Waals surface area contributed by atoms with Gasteiger partial charge in [-0.1, -0.05) is 60.7 Å². The first-order chi connectivity index (χ1) is 19.3. The van der Waals surface area contributed by atoms with Gasteiger partial charge in [0.05, 0.1) is 13.4 Å². The molecule has 1 aliphatic heterocycles. The van der Waals surface area contributed by atoms with Gasteiger partial charge >= 0.3 is 0 Å². The van der Waals surface area contributed by atoms with Crippen molar-refractivity contribution in [1.29, 1.82) is 0 Å². The molecule has 0 aliphatic carbocycles. The Morgan fingerprint density at radius 1 is 0.897 bits per heavy atom. The van der Waals surface area contributed by atoms with E-state index < -0.39 is 0 Å². The molecule has 6 rings (SSSR count). The van der Waals surface area contributed by atoms with E-state index in [0.717, 1.165) is 54.3 Å².